The molecule has 0 radical (unpaired) electrons. The Hall–Kier alpha value is -9.38. The van der Waals surface area contributed by atoms with E-state index in [1.165, 1.54) is 43.1 Å². The Morgan fingerprint density at radius 1 is 0.229 bits per heavy atom. The molecule has 0 fully saturated rings. The number of benzene rings is 13. The number of furan rings is 2. The van der Waals surface area contributed by atoms with E-state index in [0.29, 0.717) is 0 Å². The second-order valence-electron chi connectivity index (χ2n) is 18.5. The second kappa shape index (κ2) is 15.1. The van der Waals surface area contributed by atoms with Crippen molar-refractivity contribution >= 4 is 143 Å². The lowest BCUT2D eigenvalue weighted by Gasteiger charge is -2.27. The van der Waals surface area contributed by atoms with Crippen molar-refractivity contribution < 1.29 is 8.83 Å². The molecule has 0 unspecified atom stereocenters. The van der Waals surface area contributed by atoms with Crippen LogP contribution in [0.15, 0.2) is 251 Å². The first kappa shape index (κ1) is 38.7. The average Bonchev–Trinajstić information content (AvgIpc) is 3.96. The summed E-state index contributed by atoms with van der Waals surface area (Å²) in [5.74, 6) is 0. The van der Waals surface area contributed by atoms with Crippen LogP contribution in [-0.2, 0) is 0 Å². The van der Waals surface area contributed by atoms with Gasteiger partial charge >= 0.3 is 0 Å². The molecule has 0 spiro atoms. The summed E-state index contributed by atoms with van der Waals surface area (Å²) in [6.45, 7) is 0. The van der Waals surface area contributed by atoms with E-state index in [2.05, 4.69) is 252 Å². The van der Waals surface area contributed by atoms with E-state index in [1.807, 2.05) is 0 Å². The van der Waals surface area contributed by atoms with E-state index in [0.717, 1.165) is 99.5 Å². The fourth-order valence-electron chi connectivity index (χ4n) is 11.1. The normalized spacial score (nSPS) is 12.0. The fourth-order valence-corrected chi connectivity index (χ4v) is 11.1. The lowest BCUT2D eigenvalue weighted by Crippen LogP contribution is -2.10. The Balaban J connectivity index is 0.867. The zero-order valence-electron chi connectivity index (χ0n) is 37.8. The summed E-state index contributed by atoms with van der Waals surface area (Å²) in [7, 11) is 0. The van der Waals surface area contributed by atoms with Crippen LogP contribution in [0.5, 0.6) is 0 Å². The predicted molar refractivity (Wildman–Crippen MR) is 295 cm³/mol. The van der Waals surface area contributed by atoms with Crippen LogP contribution in [0.25, 0.3) is 109 Å². The number of rotatable bonds is 6. The van der Waals surface area contributed by atoms with Gasteiger partial charge in [-0.25, -0.2) is 0 Å². The van der Waals surface area contributed by atoms with E-state index >= 15 is 0 Å². The predicted octanol–water partition coefficient (Wildman–Crippen LogP) is 19.3. The summed E-state index contributed by atoms with van der Waals surface area (Å²) in [6.07, 6.45) is 0. The van der Waals surface area contributed by atoms with Gasteiger partial charge in [0.25, 0.3) is 0 Å². The van der Waals surface area contributed by atoms with Crippen molar-refractivity contribution in [2.24, 2.45) is 0 Å². The van der Waals surface area contributed by atoms with Gasteiger partial charge < -0.3 is 18.6 Å². The number of anilines is 6. The molecule has 0 aliphatic heterocycles. The monoisotopic (exact) mass is 892 g/mol. The van der Waals surface area contributed by atoms with Crippen molar-refractivity contribution in [2.75, 3.05) is 9.80 Å². The minimum absolute atomic E-state index is 0.804. The maximum Gasteiger partial charge on any atom is 0.147 e. The van der Waals surface area contributed by atoms with Crippen LogP contribution < -0.4 is 9.80 Å². The summed E-state index contributed by atoms with van der Waals surface area (Å²) in [5.41, 5.74) is 9.91. The molecule has 0 N–H and O–H groups in total. The third-order valence-electron chi connectivity index (χ3n) is 14.5. The largest absolute Gasteiger partial charge is 0.456 e. The van der Waals surface area contributed by atoms with Gasteiger partial charge in [-0.15, -0.1) is 0 Å². The lowest BCUT2D eigenvalue weighted by molar-refractivity contribution is 0.663. The first-order valence-electron chi connectivity index (χ1n) is 23.9. The van der Waals surface area contributed by atoms with Gasteiger partial charge in [0, 0.05) is 49.7 Å². The summed E-state index contributed by atoms with van der Waals surface area (Å²) in [5, 5.41) is 18.3. The van der Waals surface area contributed by atoms with Crippen molar-refractivity contribution in [2.45, 2.75) is 0 Å². The van der Waals surface area contributed by atoms with Gasteiger partial charge in [-0.05, 0) is 151 Å². The Morgan fingerprint density at radius 2 is 0.643 bits per heavy atom. The van der Waals surface area contributed by atoms with Crippen LogP contribution in [0.1, 0.15) is 0 Å². The van der Waals surface area contributed by atoms with Crippen LogP contribution >= 0.6 is 0 Å². The van der Waals surface area contributed by atoms with Gasteiger partial charge in [0.1, 0.15) is 22.3 Å². The van der Waals surface area contributed by atoms with E-state index in [9.17, 15) is 0 Å². The van der Waals surface area contributed by atoms with Crippen LogP contribution in [0.2, 0.25) is 0 Å². The molecule has 4 nitrogen and oxygen atoms in total. The number of hydrogen-bond donors (Lipinski definition) is 0. The molecule has 2 heterocycles. The highest BCUT2D eigenvalue weighted by atomic mass is 16.3. The zero-order valence-corrected chi connectivity index (χ0v) is 37.8. The van der Waals surface area contributed by atoms with Gasteiger partial charge in [0.2, 0.25) is 0 Å². The van der Waals surface area contributed by atoms with Gasteiger partial charge in [0.05, 0.1) is 16.8 Å². The molecule has 326 valence electrons. The number of hydrogen-bond acceptors (Lipinski definition) is 4. The second-order valence-corrected chi connectivity index (χ2v) is 18.5. The Kier molecular flexibility index (Phi) is 8.33. The highest BCUT2D eigenvalue weighted by Gasteiger charge is 2.21. The molecule has 13 aromatic carbocycles. The van der Waals surface area contributed by atoms with Crippen LogP contribution in [0.4, 0.5) is 34.1 Å². The minimum atomic E-state index is 0.804. The summed E-state index contributed by atoms with van der Waals surface area (Å²) in [4.78, 5) is 4.77. The molecule has 0 aliphatic rings. The highest BCUT2D eigenvalue weighted by Crippen LogP contribution is 2.46. The zero-order chi connectivity index (χ0) is 45.9. The molecule has 70 heavy (non-hydrogen) atoms. The van der Waals surface area contributed by atoms with Gasteiger partial charge in [-0.1, -0.05) is 146 Å². The SMILES string of the molecule is c1ccc2cc(N(c3ccc4cc5c(cc4c3)oc3c5ccc4oc5cc6cc(N(c7ccc8ccccc8c7)c7cccc8ccccc78)ccc6cc5c43)c3cccc4ccccc34)ccc2c1. The Labute approximate surface area is 402 Å². The highest BCUT2D eigenvalue weighted by molar-refractivity contribution is 6.24. The molecule has 0 saturated carbocycles. The van der Waals surface area contributed by atoms with Crippen molar-refractivity contribution in [3.05, 3.63) is 243 Å². The van der Waals surface area contributed by atoms with Crippen molar-refractivity contribution in [1.29, 1.82) is 0 Å². The van der Waals surface area contributed by atoms with Gasteiger partial charge in [-0.2, -0.15) is 0 Å². The molecular formula is C66H40N2O2. The van der Waals surface area contributed by atoms with E-state index in [-0.39, 0.29) is 0 Å². The van der Waals surface area contributed by atoms with Crippen molar-refractivity contribution in [1.82, 2.24) is 0 Å². The first-order chi connectivity index (χ1) is 34.6. The molecule has 0 saturated heterocycles. The number of fused-ring (bicyclic) bond motifs is 13. The molecule has 0 amide bonds. The molecule has 2 aromatic heterocycles. The van der Waals surface area contributed by atoms with E-state index in [4.69, 9.17) is 8.83 Å². The van der Waals surface area contributed by atoms with Crippen LogP contribution in [0.3, 0.4) is 0 Å². The fraction of sp³-hybridized carbons (Fsp3) is 0. The first-order valence-corrected chi connectivity index (χ1v) is 23.9. The van der Waals surface area contributed by atoms with E-state index in [1.54, 1.807) is 0 Å². The molecule has 0 aliphatic carbocycles. The quantitative estimate of drug-likeness (QED) is 0.166. The van der Waals surface area contributed by atoms with Crippen molar-refractivity contribution in [3.63, 3.8) is 0 Å². The van der Waals surface area contributed by atoms with E-state index < -0.39 is 0 Å². The molecule has 0 bridgehead atoms. The average molecular weight is 893 g/mol. The third kappa shape index (κ3) is 6.03. The maximum atomic E-state index is 6.96. The smallest absolute Gasteiger partial charge is 0.147 e. The number of nitrogens with zero attached hydrogens (tertiary/aromatic N) is 2. The molecule has 0 atom stereocenters. The molecular weight excluding hydrogens is 853 g/mol. The van der Waals surface area contributed by atoms with Gasteiger partial charge in [0.15, 0.2) is 0 Å². The topological polar surface area (TPSA) is 32.8 Å². The minimum Gasteiger partial charge on any atom is -0.456 e. The summed E-state index contributed by atoms with van der Waals surface area (Å²) < 4.78 is 13.7. The standard InChI is InChI=1S/C66H40N2O2/c1-3-15-45-33-51(27-23-41(45)11-1)67(60-21-9-17-43-13-5-7-19-55(43)60)53-29-25-47-37-58-57-31-32-62-65(66(57)70-63(58)39-49(47)35-53)59-38-48-26-30-54(36-50(48)40-64(59)69-62)68(52-28-24-42-12-2-4-16-46(42)34-52)61-22-10-18-44-14-6-8-20-56(44)61/h1-40H. The molecule has 4 heteroatoms. The van der Waals surface area contributed by atoms with Crippen LogP contribution in [-0.4, -0.2) is 0 Å². The maximum absolute atomic E-state index is 6.96. The Bertz CT molecular complexity index is 4630. The summed E-state index contributed by atoms with van der Waals surface area (Å²) in [6, 6.07) is 87.7. The van der Waals surface area contributed by atoms with Gasteiger partial charge in [-0.3, -0.25) is 0 Å². The molecule has 15 rings (SSSR count). The molecule has 15 aromatic rings. The third-order valence-corrected chi connectivity index (χ3v) is 14.5. The Morgan fingerprint density at radius 3 is 1.19 bits per heavy atom. The van der Waals surface area contributed by atoms with Crippen molar-refractivity contribution in [3.8, 4) is 0 Å². The summed E-state index contributed by atoms with van der Waals surface area (Å²) >= 11 is 0. The lowest BCUT2D eigenvalue weighted by atomic mass is 10.0. The van der Waals surface area contributed by atoms with Crippen LogP contribution in [0, 0.1) is 0 Å².